The molecule has 0 unspecified atom stereocenters. The average Bonchev–Trinajstić information content (AvgIpc) is 2.90. The fraction of sp³-hybridized carbons (Fsp3) is 0.267. The molecule has 2 rings (SSSR count). The van der Waals surface area contributed by atoms with Crippen LogP contribution in [0.4, 0.5) is 0 Å². The fourth-order valence-corrected chi connectivity index (χ4v) is 2.11. The van der Waals surface area contributed by atoms with E-state index in [-0.39, 0.29) is 0 Å². The summed E-state index contributed by atoms with van der Waals surface area (Å²) >= 11 is 5.94. The van der Waals surface area contributed by atoms with E-state index < -0.39 is 0 Å². The molecule has 1 aromatic heterocycles. The van der Waals surface area contributed by atoms with E-state index in [1.807, 2.05) is 10.8 Å². The number of rotatable bonds is 4. The van der Waals surface area contributed by atoms with Crippen molar-refractivity contribution in [3.8, 4) is 5.69 Å². The lowest BCUT2D eigenvalue weighted by Crippen LogP contribution is -1.95. The smallest absolute Gasteiger partial charge is 0.0991 e. The van der Waals surface area contributed by atoms with Crippen molar-refractivity contribution in [3.05, 3.63) is 54.1 Å². The van der Waals surface area contributed by atoms with E-state index in [0.29, 0.717) is 11.8 Å². The molecule has 0 aliphatic rings. The zero-order valence-corrected chi connectivity index (χ0v) is 11.4. The minimum absolute atomic E-state index is 0.482. The van der Waals surface area contributed by atoms with Crippen LogP contribution in [0.5, 0.6) is 0 Å². The van der Waals surface area contributed by atoms with Gasteiger partial charge in [-0.3, -0.25) is 0 Å². The molecular weight excluding hydrogens is 244 g/mol. The van der Waals surface area contributed by atoms with Gasteiger partial charge in [-0.05, 0) is 23.6 Å². The summed E-state index contributed by atoms with van der Waals surface area (Å²) in [4.78, 5) is 4.04. The highest BCUT2D eigenvalue weighted by molar-refractivity contribution is 6.19. The molecular formula is C15H17ClN2. The summed E-state index contributed by atoms with van der Waals surface area (Å²) in [6, 6.07) is 8.37. The monoisotopic (exact) mass is 260 g/mol. The van der Waals surface area contributed by atoms with E-state index >= 15 is 0 Å². The third-order valence-corrected chi connectivity index (χ3v) is 3.25. The second-order valence-corrected chi connectivity index (χ2v) is 4.84. The van der Waals surface area contributed by atoms with Crippen molar-refractivity contribution in [3.63, 3.8) is 0 Å². The van der Waals surface area contributed by atoms with E-state index in [1.165, 1.54) is 11.1 Å². The van der Waals surface area contributed by atoms with Crippen LogP contribution in [0.15, 0.2) is 48.6 Å². The van der Waals surface area contributed by atoms with Crippen LogP contribution in [0.1, 0.15) is 19.4 Å². The molecule has 1 heterocycles. The van der Waals surface area contributed by atoms with Gasteiger partial charge in [-0.25, -0.2) is 4.98 Å². The first kappa shape index (κ1) is 12.9. The zero-order valence-electron chi connectivity index (χ0n) is 10.7. The molecule has 0 radical (unpaired) electrons. The Morgan fingerprint density at radius 3 is 2.56 bits per heavy atom. The lowest BCUT2D eigenvalue weighted by atomic mass is 10.0. The molecule has 94 valence electrons. The van der Waals surface area contributed by atoms with Gasteiger partial charge in [0, 0.05) is 24.0 Å². The SMILES string of the molecule is CC(C)C(=Cc1ccc(-n2ccnc2)cc1)CCl. The van der Waals surface area contributed by atoms with Crippen LogP contribution >= 0.6 is 11.6 Å². The van der Waals surface area contributed by atoms with Gasteiger partial charge in [-0.2, -0.15) is 0 Å². The predicted octanol–water partition coefficient (Wildman–Crippen LogP) is 4.15. The highest BCUT2D eigenvalue weighted by Crippen LogP contribution is 2.17. The molecule has 0 aliphatic carbocycles. The van der Waals surface area contributed by atoms with E-state index in [4.69, 9.17) is 11.6 Å². The molecule has 2 nitrogen and oxygen atoms in total. The molecule has 0 atom stereocenters. The van der Waals surface area contributed by atoms with Crippen molar-refractivity contribution >= 4 is 17.7 Å². The van der Waals surface area contributed by atoms with Crippen LogP contribution in [0.25, 0.3) is 11.8 Å². The summed E-state index contributed by atoms with van der Waals surface area (Å²) < 4.78 is 1.98. The van der Waals surface area contributed by atoms with Crippen LogP contribution in [-0.4, -0.2) is 15.4 Å². The number of nitrogens with zero attached hydrogens (tertiary/aromatic N) is 2. The van der Waals surface area contributed by atoms with Crippen molar-refractivity contribution in [2.75, 3.05) is 5.88 Å². The second-order valence-electron chi connectivity index (χ2n) is 4.57. The van der Waals surface area contributed by atoms with Gasteiger partial charge in [0.05, 0.1) is 6.33 Å². The Labute approximate surface area is 113 Å². The highest BCUT2D eigenvalue weighted by atomic mass is 35.5. The maximum absolute atomic E-state index is 5.94. The Kier molecular flexibility index (Phi) is 4.21. The normalized spacial score (nSPS) is 12.1. The maximum atomic E-state index is 5.94. The van der Waals surface area contributed by atoms with Gasteiger partial charge in [-0.15, -0.1) is 11.6 Å². The van der Waals surface area contributed by atoms with Crippen molar-refractivity contribution in [1.82, 2.24) is 9.55 Å². The first-order valence-electron chi connectivity index (χ1n) is 6.05. The molecule has 0 N–H and O–H groups in total. The average molecular weight is 261 g/mol. The highest BCUT2D eigenvalue weighted by Gasteiger charge is 2.02. The zero-order chi connectivity index (χ0) is 13.0. The van der Waals surface area contributed by atoms with Gasteiger partial charge in [-0.1, -0.05) is 37.6 Å². The first-order valence-corrected chi connectivity index (χ1v) is 6.59. The minimum Gasteiger partial charge on any atom is -0.306 e. The van der Waals surface area contributed by atoms with Crippen molar-refractivity contribution < 1.29 is 0 Å². The molecule has 2 aromatic rings. The molecule has 1 aromatic carbocycles. The van der Waals surface area contributed by atoms with Crippen molar-refractivity contribution in [1.29, 1.82) is 0 Å². The molecule has 0 spiro atoms. The van der Waals surface area contributed by atoms with Crippen molar-refractivity contribution in [2.45, 2.75) is 13.8 Å². The Balaban J connectivity index is 2.23. The Morgan fingerprint density at radius 1 is 1.33 bits per heavy atom. The molecule has 0 saturated carbocycles. The summed E-state index contributed by atoms with van der Waals surface area (Å²) in [5, 5.41) is 0. The summed E-state index contributed by atoms with van der Waals surface area (Å²) in [5.41, 5.74) is 3.55. The number of aromatic nitrogens is 2. The van der Waals surface area contributed by atoms with E-state index in [1.54, 1.807) is 12.5 Å². The minimum atomic E-state index is 0.482. The molecule has 18 heavy (non-hydrogen) atoms. The number of alkyl halides is 1. The first-order chi connectivity index (χ1) is 8.70. The third-order valence-electron chi connectivity index (χ3n) is 2.94. The molecule has 0 fully saturated rings. The van der Waals surface area contributed by atoms with Gasteiger partial charge < -0.3 is 4.57 Å². The summed E-state index contributed by atoms with van der Waals surface area (Å²) in [5.74, 6) is 1.07. The summed E-state index contributed by atoms with van der Waals surface area (Å²) in [6.45, 7) is 4.32. The van der Waals surface area contributed by atoms with Crippen LogP contribution in [0.3, 0.4) is 0 Å². The second kappa shape index (κ2) is 5.87. The van der Waals surface area contributed by atoms with Gasteiger partial charge in [0.15, 0.2) is 0 Å². The van der Waals surface area contributed by atoms with Crippen LogP contribution in [0.2, 0.25) is 0 Å². The standard InChI is InChI=1S/C15H17ClN2/c1-12(2)14(10-16)9-13-3-5-15(6-4-13)18-8-7-17-11-18/h3-9,11-12H,10H2,1-2H3. The van der Waals surface area contributed by atoms with E-state index in [9.17, 15) is 0 Å². The lowest BCUT2D eigenvalue weighted by Gasteiger charge is -2.08. The molecule has 0 aliphatic heterocycles. The third kappa shape index (κ3) is 3.02. The predicted molar refractivity (Wildman–Crippen MR) is 77.1 cm³/mol. The quantitative estimate of drug-likeness (QED) is 0.755. The lowest BCUT2D eigenvalue weighted by molar-refractivity contribution is 0.778. The molecule has 3 heteroatoms. The number of imidazole rings is 1. The van der Waals surface area contributed by atoms with E-state index in [0.717, 1.165) is 5.69 Å². The Morgan fingerprint density at radius 2 is 2.06 bits per heavy atom. The number of allylic oxidation sites excluding steroid dienone is 1. The number of benzene rings is 1. The van der Waals surface area contributed by atoms with E-state index in [2.05, 4.69) is 49.2 Å². The molecule has 0 bridgehead atoms. The fourth-order valence-electron chi connectivity index (χ4n) is 1.73. The number of halogens is 1. The topological polar surface area (TPSA) is 17.8 Å². The van der Waals surface area contributed by atoms with Crippen LogP contribution in [-0.2, 0) is 0 Å². The van der Waals surface area contributed by atoms with Crippen LogP contribution < -0.4 is 0 Å². The molecule has 0 saturated heterocycles. The van der Waals surface area contributed by atoms with Gasteiger partial charge in [0.1, 0.15) is 0 Å². The van der Waals surface area contributed by atoms with Crippen LogP contribution in [0, 0.1) is 5.92 Å². The van der Waals surface area contributed by atoms with Gasteiger partial charge in [0.2, 0.25) is 0 Å². The number of hydrogen-bond donors (Lipinski definition) is 0. The summed E-state index contributed by atoms with van der Waals surface area (Å²) in [6.07, 6.45) is 7.67. The van der Waals surface area contributed by atoms with Crippen molar-refractivity contribution in [2.24, 2.45) is 5.92 Å². The number of hydrogen-bond acceptors (Lipinski definition) is 1. The largest absolute Gasteiger partial charge is 0.306 e. The maximum Gasteiger partial charge on any atom is 0.0991 e. The Bertz CT molecular complexity index is 510. The van der Waals surface area contributed by atoms with Gasteiger partial charge >= 0.3 is 0 Å². The Hall–Kier alpha value is -1.54. The molecule has 0 amide bonds. The summed E-state index contributed by atoms with van der Waals surface area (Å²) in [7, 11) is 0. The van der Waals surface area contributed by atoms with Gasteiger partial charge in [0.25, 0.3) is 0 Å².